The summed E-state index contributed by atoms with van der Waals surface area (Å²) in [5.41, 5.74) is 11.2. The molecule has 2 aromatic rings. The quantitative estimate of drug-likeness (QED) is 0.656. The predicted molar refractivity (Wildman–Crippen MR) is 82.5 cm³/mol. The predicted octanol–water partition coefficient (Wildman–Crippen LogP) is 2.61. The van der Waals surface area contributed by atoms with Crippen LogP contribution in [0.25, 0.3) is 0 Å². The normalized spacial score (nSPS) is 13.0. The van der Waals surface area contributed by atoms with Gasteiger partial charge in [0, 0.05) is 22.5 Å². The van der Waals surface area contributed by atoms with Crippen molar-refractivity contribution >= 4 is 23.1 Å². The lowest BCUT2D eigenvalue weighted by molar-refractivity contribution is -0.115. The van der Waals surface area contributed by atoms with Gasteiger partial charge >= 0.3 is 0 Å². The van der Waals surface area contributed by atoms with E-state index in [-0.39, 0.29) is 11.7 Å². The molecule has 4 nitrogen and oxygen atoms in total. The van der Waals surface area contributed by atoms with E-state index in [1.165, 1.54) is 0 Å². The van der Waals surface area contributed by atoms with Crippen LogP contribution in [0.4, 0.5) is 11.4 Å². The van der Waals surface area contributed by atoms with E-state index in [9.17, 15) is 9.59 Å². The van der Waals surface area contributed by atoms with E-state index in [0.29, 0.717) is 23.2 Å². The highest BCUT2D eigenvalue weighted by Crippen LogP contribution is 2.26. The zero-order valence-electron chi connectivity index (χ0n) is 12.0. The number of rotatable bonds is 2. The molecule has 1 aliphatic rings. The number of fused-ring (bicyclic) bond motifs is 1. The summed E-state index contributed by atoms with van der Waals surface area (Å²) in [7, 11) is 0. The van der Waals surface area contributed by atoms with E-state index in [1.54, 1.807) is 24.3 Å². The van der Waals surface area contributed by atoms with E-state index in [2.05, 4.69) is 5.32 Å². The number of carbonyl (C=O) groups is 2. The molecule has 3 rings (SSSR count). The summed E-state index contributed by atoms with van der Waals surface area (Å²) in [6.07, 6.45) is 0.325. The summed E-state index contributed by atoms with van der Waals surface area (Å²) >= 11 is 0. The zero-order chi connectivity index (χ0) is 15.1. The topological polar surface area (TPSA) is 72.2 Å². The Balaban J connectivity index is 2.02. The van der Waals surface area contributed by atoms with Gasteiger partial charge in [-0.05, 0) is 54.8 Å². The van der Waals surface area contributed by atoms with Crippen LogP contribution in [0, 0.1) is 13.8 Å². The molecule has 0 radical (unpaired) electrons. The second kappa shape index (κ2) is 4.74. The van der Waals surface area contributed by atoms with Gasteiger partial charge in [-0.2, -0.15) is 0 Å². The minimum absolute atomic E-state index is 0.0367. The Morgan fingerprint density at radius 3 is 2.67 bits per heavy atom. The molecule has 21 heavy (non-hydrogen) atoms. The monoisotopic (exact) mass is 280 g/mol. The summed E-state index contributed by atoms with van der Waals surface area (Å²) < 4.78 is 0. The molecule has 1 aliphatic heterocycles. The third kappa shape index (κ3) is 2.29. The molecular weight excluding hydrogens is 264 g/mol. The van der Waals surface area contributed by atoms with Gasteiger partial charge in [0.25, 0.3) is 0 Å². The number of amides is 1. The number of ketones is 1. The molecule has 0 bridgehead atoms. The molecule has 1 heterocycles. The Morgan fingerprint density at radius 1 is 1.14 bits per heavy atom. The van der Waals surface area contributed by atoms with Crippen molar-refractivity contribution < 1.29 is 9.59 Å². The maximum atomic E-state index is 12.7. The van der Waals surface area contributed by atoms with Crippen LogP contribution >= 0.6 is 0 Å². The van der Waals surface area contributed by atoms with Gasteiger partial charge in [0.2, 0.25) is 5.91 Å². The molecule has 0 unspecified atom stereocenters. The summed E-state index contributed by atoms with van der Waals surface area (Å²) in [5, 5.41) is 2.76. The molecule has 3 N–H and O–H groups in total. The molecule has 4 heteroatoms. The van der Waals surface area contributed by atoms with Gasteiger partial charge in [-0.15, -0.1) is 0 Å². The second-order valence-electron chi connectivity index (χ2n) is 5.45. The van der Waals surface area contributed by atoms with Crippen molar-refractivity contribution in [1.29, 1.82) is 0 Å². The third-order valence-corrected chi connectivity index (χ3v) is 3.85. The van der Waals surface area contributed by atoms with Gasteiger partial charge < -0.3 is 11.1 Å². The number of nitrogens with two attached hydrogens (primary N) is 1. The number of carbonyl (C=O) groups excluding carboxylic acids is 2. The minimum atomic E-state index is -0.0682. The smallest absolute Gasteiger partial charge is 0.228 e. The lowest BCUT2D eigenvalue weighted by Gasteiger charge is -2.09. The molecule has 1 amide bonds. The van der Waals surface area contributed by atoms with Crippen molar-refractivity contribution in [3.8, 4) is 0 Å². The number of hydrogen-bond acceptors (Lipinski definition) is 3. The van der Waals surface area contributed by atoms with Crippen molar-refractivity contribution in [3.05, 3.63) is 58.1 Å². The van der Waals surface area contributed by atoms with Crippen molar-refractivity contribution in [2.75, 3.05) is 11.1 Å². The SMILES string of the molecule is Cc1cc(C)c(C(=O)c2ccc3c(c2)CC(=O)N3)cc1N. The van der Waals surface area contributed by atoms with Crippen LogP contribution in [0.1, 0.15) is 32.6 Å². The number of nitrogen functional groups attached to an aromatic ring is 1. The molecule has 106 valence electrons. The van der Waals surface area contributed by atoms with E-state index in [4.69, 9.17) is 5.73 Å². The van der Waals surface area contributed by atoms with E-state index in [1.807, 2.05) is 19.9 Å². The number of nitrogens with one attached hydrogen (secondary N) is 1. The molecule has 2 aromatic carbocycles. The summed E-state index contributed by atoms with van der Waals surface area (Å²) in [5.74, 6) is -0.105. The molecule has 0 aromatic heterocycles. The van der Waals surface area contributed by atoms with Crippen LogP contribution in [-0.4, -0.2) is 11.7 Å². The van der Waals surface area contributed by atoms with E-state index < -0.39 is 0 Å². The first-order chi connectivity index (χ1) is 9.95. The number of aryl methyl sites for hydroxylation is 2. The molecule has 0 atom stereocenters. The van der Waals surface area contributed by atoms with Crippen LogP contribution in [-0.2, 0) is 11.2 Å². The van der Waals surface area contributed by atoms with E-state index in [0.717, 1.165) is 22.4 Å². The maximum absolute atomic E-state index is 12.7. The standard InChI is InChI=1S/C17H16N2O2/c1-9-5-10(2)14(18)8-13(9)17(21)11-3-4-15-12(6-11)7-16(20)19-15/h3-6,8H,7,18H2,1-2H3,(H,19,20). The van der Waals surface area contributed by atoms with Crippen molar-refractivity contribution in [2.45, 2.75) is 20.3 Å². The average molecular weight is 280 g/mol. The highest BCUT2D eigenvalue weighted by Gasteiger charge is 2.20. The van der Waals surface area contributed by atoms with Gasteiger partial charge in [-0.25, -0.2) is 0 Å². The van der Waals surface area contributed by atoms with Crippen molar-refractivity contribution in [3.63, 3.8) is 0 Å². The van der Waals surface area contributed by atoms with Gasteiger partial charge in [-0.3, -0.25) is 9.59 Å². The van der Waals surface area contributed by atoms with Crippen LogP contribution < -0.4 is 11.1 Å². The van der Waals surface area contributed by atoms with Gasteiger partial charge in [0.05, 0.1) is 6.42 Å². The van der Waals surface area contributed by atoms with Crippen LogP contribution in [0.3, 0.4) is 0 Å². The molecular formula is C17H16N2O2. The van der Waals surface area contributed by atoms with Crippen LogP contribution in [0.5, 0.6) is 0 Å². The summed E-state index contributed by atoms with van der Waals surface area (Å²) in [4.78, 5) is 24.0. The molecule has 0 saturated carbocycles. The largest absolute Gasteiger partial charge is 0.398 e. The van der Waals surface area contributed by atoms with Crippen LogP contribution in [0.2, 0.25) is 0 Å². The van der Waals surface area contributed by atoms with Crippen molar-refractivity contribution in [1.82, 2.24) is 0 Å². The molecule has 0 fully saturated rings. The maximum Gasteiger partial charge on any atom is 0.228 e. The minimum Gasteiger partial charge on any atom is -0.398 e. The van der Waals surface area contributed by atoms with Crippen molar-refractivity contribution in [2.24, 2.45) is 0 Å². The first-order valence-electron chi connectivity index (χ1n) is 6.80. The lowest BCUT2D eigenvalue weighted by Crippen LogP contribution is -2.06. The van der Waals surface area contributed by atoms with Gasteiger partial charge in [0.15, 0.2) is 5.78 Å². The average Bonchev–Trinajstić information content (AvgIpc) is 2.81. The summed E-state index contributed by atoms with van der Waals surface area (Å²) in [6.45, 7) is 3.82. The Morgan fingerprint density at radius 2 is 1.90 bits per heavy atom. The Hall–Kier alpha value is -2.62. The highest BCUT2D eigenvalue weighted by molar-refractivity contribution is 6.11. The lowest BCUT2D eigenvalue weighted by atomic mass is 9.95. The van der Waals surface area contributed by atoms with Gasteiger partial charge in [-0.1, -0.05) is 6.07 Å². The number of anilines is 2. The molecule has 0 aliphatic carbocycles. The zero-order valence-corrected chi connectivity index (χ0v) is 12.0. The number of benzene rings is 2. The second-order valence-corrected chi connectivity index (χ2v) is 5.45. The fourth-order valence-electron chi connectivity index (χ4n) is 2.64. The van der Waals surface area contributed by atoms with Gasteiger partial charge in [0.1, 0.15) is 0 Å². The number of hydrogen-bond donors (Lipinski definition) is 2. The molecule has 0 spiro atoms. The first kappa shape index (κ1) is 13.4. The van der Waals surface area contributed by atoms with Crippen LogP contribution in [0.15, 0.2) is 30.3 Å². The third-order valence-electron chi connectivity index (χ3n) is 3.85. The van der Waals surface area contributed by atoms with E-state index >= 15 is 0 Å². The Kier molecular flexibility index (Phi) is 3.01. The Bertz CT molecular complexity index is 779. The summed E-state index contributed by atoms with van der Waals surface area (Å²) in [6, 6.07) is 8.94. The highest BCUT2D eigenvalue weighted by atomic mass is 16.1. The fourth-order valence-corrected chi connectivity index (χ4v) is 2.64. The first-order valence-corrected chi connectivity index (χ1v) is 6.80. The fraction of sp³-hybridized carbons (Fsp3) is 0.176. The molecule has 0 saturated heterocycles. The Labute approximate surface area is 123 Å².